The molecule has 0 saturated heterocycles. The Labute approximate surface area is 517 Å². The molecule has 0 aromatic carbocycles. The summed E-state index contributed by atoms with van der Waals surface area (Å²) in [6.07, 6.45) is 92.6. The maximum absolute atomic E-state index is 13.0. The summed E-state index contributed by atoms with van der Waals surface area (Å²) >= 11 is 0. The molecule has 0 amide bonds. The highest BCUT2D eigenvalue weighted by Crippen LogP contribution is 2.19. The first kappa shape index (κ1) is 80.1. The van der Waals surface area contributed by atoms with Crippen LogP contribution in [0.25, 0.3) is 0 Å². The molecule has 0 aliphatic carbocycles. The van der Waals surface area contributed by atoms with Crippen LogP contribution in [0.15, 0.2) is 60.8 Å². The summed E-state index contributed by atoms with van der Waals surface area (Å²) in [5.41, 5.74) is 0. The number of rotatable bonds is 68. The van der Waals surface area contributed by atoms with Gasteiger partial charge in [0.25, 0.3) is 0 Å². The zero-order valence-corrected chi connectivity index (χ0v) is 55.7. The van der Waals surface area contributed by atoms with Gasteiger partial charge in [-0.15, -0.1) is 0 Å². The van der Waals surface area contributed by atoms with Gasteiger partial charge < -0.3 is 14.2 Å². The van der Waals surface area contributed by atoms with E-state index < -0.39 is 6.10 Å². The van der Waals surface area contributed by atoms with Gasteiger partial charge in [0, 0.05) is 19.3 Å². The molecule has 0 rings (SSSR count). The third-order valence-electron chi connectivity index (χ3n) is 16.5. The zero-order chi connectivity index (χ0) is 59.9. The summed E-state index contributed by atoms with van der Waals surface area (Å²) < 4.78 is 17.0. The highest BCUT2D eigenvalue weighted by Gasteiger charge is 2.19. The maximum Gasteiger partial charge on any atom is 0.306 e. The summed E-state index contributed by atoms with van der Waals surface area (Å²) in [4.78, 5) is 38.4. The van der Waals surface area contributed by atoms with Crippen LogP contribution in [0.5, 0.6) is 0 Å². The van der Waals surface area contributed by atoms with Crippen LogP contribution in [0.3, 0.4) is 0 Å². The van der Waals surface area contributed by atoms with Crippen LogP contribution < -0.4 is 0 Å². The van der Waals surface area contributed by atoms with E-state index in [4.69, 9.17) is 14.2 Å². The molecule has 0 aliphatic heterocycles. The van der Waals surface area contributed by atoms with Crippen LogP contribution in [0.2, 0.25) is 0 Å². The van der Waals surface area contributed by atoms with Crippen molar-refractivity contribution < 1.29 is 28.6 Å². The van der Waals surface area contributed by atoms with Crippen LogP contribution in [0.1, 0.15) is 393 Å². The van der Waals surface area contributed by atoms with E-state index >= 15 is 0 Å². The van der Waals surface area contributed by atoms with Crippen molar-refractivity contribution in [2.24, 2.45) is 0 Å². The number of hydrogen-bond donors (Lipinski definition) is 0. The Morgan fingerprint density at radius 1 is 0.241 bits per heavy atom. The first-order valence-electron chi connectivity index (χ1n) is 36.8. The molecule has 6 heteroatoms. The van der Waals surface area contributed by atoms with Crippen LogP contribution in [-0.2, 0) is 28.6 Å². The highest BCUT2D eigenvalue weighted by atomic mass is 16.6. The Kier molecular flexibility index (Phi) is 69.1. The third-order valence-corrected chi connectivity index (χ3v) is 16.5. The quantitative estimate of drug-likeness (QED) is 0.0261. The lowest BCUT2D eigenvalue weighted by molar-refractivity contribution is -0.167. The smallest absolute Gasteiger partial charge is 0.306 e. The molecule has 1 atom stereocenters. The van der Waals surface area contributed by atoms with E-state index in [0.717, 1.165) is 96.3 Å². The molecule has 0 fully saturated rings. The molecule has 0 radical (unpaired) electrons. The number of unbranched alkanes of at least 4 members (excludes halogenated alkanes) is 47. The molecule has 6 nitrogen and oxygen atoms in total. The lowest BCUT2D eigenvalue weighted by atomic mass is 10.0. The number of allylic oxidation sites excluding steroid dienone is 10. The molecule has 484 valence electrons. The highest BCUT2D eigenvalue weighted by molar-refractivity contribution is 5.71. The number of carbonyl (C=O) groups is 3. The number of hydrogen-bond acceptors (Lipinski definition) is 6. The van der Waals surface area contributed by atoms with Crippen molar-refractivity contribution in [3.05, 3.63) is 60.8 Å². The van der Waals surface area contributed by atoms with Gasteiger partial charge in [-0.1, -0.05) is 351 Å². The average Bonchev–Trinajstić information content (AvgIpc) is 3.49. The molecule has 0 spiro atoms. The fourth-order valence-corrected chi connectivity index (χ4v) is 11.0. The molecular formula is C77H140O6. The SMILES string of the molecule is CCC/C=C\C/C=C\CCCCCCCC(=O)OCC(COC(=O)CCCCCCCCCCCCCCCCCC/C=C\C/C=C\C/C=C\CCCCCCC)OC(=O)CCCCCCCCCCCCCCCCCCCCCCC. The van der Waals surface area contributed by atoms with Gasteiger partial charge in [-0.05, 0) is 83.5 Å². The van der Waals surface area contributed by atoms with Crippen molar-refractivity contribution >= 4 is 17.9 Å². The Balaban J connectivity index is 4.19. The minimum atomic E-state index is -0.779. The van der Waals surface area contributed by atoms with Gasteiger partial charge in [-0.3, -0.25) is 14.4 Å². The molecule has 0 N–H and O–H groups in total. The molecule has 0 aromatic heterocycles. The van der Waals surface area contributed by atoms with E-state index in [-0.39, 0.29) is 31.1 Å². The van der Waals surface area contributed by atoms with Gasteiger partial charge in [0.2, 0.25) is 0 Å². The number of ether oxygens (including phenoxy) is 3. The number of esters is 3. The second-order valence-electron chi connectivity index (χ2n) is 24.9. The molecule has 0 aromatic rings. The minimum Gasteiger partial charge on any atom is -0.462 e. The van der Waals surface area contributed by atoms with E-state index in [1.807, 2.05) is 0 Å². The topological polar surface area (TPSA) is 78.9 Å². The van der Waals surface area contributed by atoms with Gasteiger partial charge in [0.1, 0.15) is 13.2 Å². The molecule has 0 heterocycles. The van der Waals surface area contributed by atoms with Gasteiger partial charge in [0.05, 0.1) is 0 Å². The summed E-state index contributed by atoms with van der Waals surface area (Å²) in [5, 5.41) is 0. The van der Waals surface area contributed by atoms with Crippen molar-refractivity contribution in [1.82, 2.24) is 0 Å². The monoisotopic (exact) mass is 1160 g/mol. The molecule has 83 heavy (non-hydrogen) atoms. The van der Waals surface area contributed by atoms with Crippen molar-refractivity contribution in [3.63, 3.8) is 0 Å². The predicted octanol–water partition coefficient (Wildman–Crippen LogP) is 25.5. The largest absolute Gasteiger partial charge is 0.462 e. The lowest BCUT2D eigenvalue weighted by Crippen LogP contribution is -2.30. The standard InChI is InChI=1S/C77H140O6/c1-4-7-10-13-16-19-22-25-27-29-31-33-34-35-36-37-38-39-40-41-42-44-45-47-49-52-55-58-61-64-67-70-76(79)82-73-74(72-81-75(78)69-66-63-60-57-54-51-24-21-18-15-12-9-6-3)83-77(80)71-68-65-62-59-56-53-50-48-46-43-32-30-28-26-23-20-17-14-11-8-5-2/h12,15,21-22,24-25,29,31,34-35,74H,4-11,13-14,16-20,23,26-28,30,32-33,36-73H2,1-3H3/b15-12-,24-21-,25-22-,31-29-,35-34-. The average molecular weight is 1160 g/mol. The summed E-state index contributed by atoms with van der Waals surface area (Å²) in [5.74, 6) is -0.863. The second kappa shape index (κ2) is 71.6. The molecular weight excluding hydrogens is 1020 g/mol. The van der Waals surface area contributed by atoms with E-state index in [2.05, 4.69) is 81.5 Å². The third kappa shape index (κ3) is 69.8. The van der Waals surface area contributed by atoms with Crippen LogP contribution in [0, 0.1) is 0 Å². The van der Waals surface area contributed by atoms with Crippen molar-refractivity contribution in [1.29, 1.82) is 0 Å². The Morgan fingerprint density at radius 3 is 0.723 bits per heavy atom. The Morgan fingerprint density at radius 2 is 0.458 bits per heavy atom. The molecule has 0 saturated carbocycles. The zero-order valence-electron chi connectivity index (χ0n) is 55.7. The Hall–Kier alpha value is -2.89. The van der Waals surface area contributed by atoms with Gasteiger partial charge in [-0.25, -0.2) is 0 Å². The van der Waals surface area contributed by atoms with E-state index in [1.165, 1.54) is 257 Å². The lowest BCUT2D eigenvalue weighted by Gasteiger charge is -2.18. The van der Waals surface area contributed by atoms with Crippen LogP contribution in [0.4, 0.5) is 0 Å². The fourth-order valence-electron chi connectivity index (χ4n) is 11.0. The maximum atomic E-state index is 13.0. The van der Waals surface area contributed by atoms with Crippen molar-refractivity contribution in [2.45, 2.75) is 399 Å². The Bertz CT molecular complexity index is 1470. The number of carbonyl (C=O) groups excluding carboxylic acids is 3. The van der Waals surface area contributed by atoms with Gasteiger partial charge in [0.15, 0.2) is 6.10 Å². The minimum absolute atomic E-state index is 0.0739. The van der Waals surface area contributed by atoms with E-state index in [0.29, 0.717) is 19.3 Å². The fraction of sp³-hybridized carbons (Fsp3) is 0.831. The van der Waals surface area contributed by atoms with Crippen molar-refractivity contribution in [2.75, 3.05) is 13.2 Å². The van der Waals surface area contributed by atoms with Gasteiger partial charge in [-0.2, -0.15) is 0 Å². The molecule has 0 aliphatic rings. The first-order valence-corrected chi connectivity index (χ1v) is 36.8. The summed E-state index contributed by atoms with van der Waals surface area (Å²) in [6, 6.07) is 0. The first-order chi connectivity index (χ1) is 41.0. The summed E-state index contributed by atoms with van der Waals surface area (Å²) in [7, 11) is 0. The van der Waals surface area contributed by atoms with Crippen molar-refractivity contribution in [3.8, 4) is 0 Å². The second-order valence-corrected chi connectivity index (χ2v) is 24.9. The molecule has 1 unspecified atom stereocenters. The van der Waals surface area contributed by atoms with Gasteiger partial charge >= 0.3 is 17.9 Å². The van der Waals surface area contributed by atoms with Crippen LogP contribution >= 0.6 is 0 Å². The van der Waals surface area contributed by atoms with E-state index in [1.54, 1.807) is 0 Å². The summed E-state index contributed by atoms with van der Waals surface area (Å²) in [6.45, 7) is 6.62. The van der Waals surface area contributed by atoms with Crippen LogP contribution in [-0.4, -0.2) is 37.2 Å². The van der Waals surface area contributed by atoms with E-state index in [9.17, 15) is 14.4 Å². The normalized spacial score (nSPS) is 12.4. The predicted molar refractivity (Wildman–Crippen MR) is 362 cm³/mol. The molecule has 0 bridgehead atoms.